The average molecular weight is 421 g/mol. The molecular formula is C23H20FN3O4. The summed E-state index contributed by atoms with van der Waals surface area (Å²) >= 11 is 0. The topological polar surface area (TPSA) is 101 Å². The van der Waals surface area contributed by atoms with Gasteiger partial charge in [0.15, 0.2) is 5.78 Å². The number of nitro benzene ring substituents is 1. The second-order valence-corrected chi connectivity index (χ2v) is 7.58. The highest BCUT2D eigenvalue weighted by molar-refractivity contribution is 6.09. The van der Waals surface area contributed by atoms with E-state index < -0.39 is 22.6 Å². The molecule has 1 aliphatic carbocycles. The van der Waals surface area contributed by atoms with Crippen LogP contribution in [0, 0.1) is 15.9 Å². The molecule has 0 fully saturated rings. The van der Waals surface area contributed by atoms with Crippen molar-refractivity contribution in [2.75, 3.05) is 5.32 Å². The first kappa shape index (κ1) is 20.5. The van der Waals surface area contributed by atoms with Crippen molar-refractivity contribution in [3.63, 3.8) is 0 Å². The number of hydrogen-bond donors (Lipinski definition) is 2. The molecule has 2 aromatic carbocycles. The number of amides is 1. The van der Waals surface area contributed by atoms with Crippen LogP contribution in [-0.2, 0) is 9.59 Å². The summed E-state index contributed by atoms with van der Waals surface area (Å²) in [5.74, 6) is -1.84. The van der Waals surface area contributed by atoms with Crippen LogP contribution >= 0.6 is 0 Å². The molecule has 1 atom stereocenters. The summed E-state index contributed by atoms with van der Waals surface area (Å²) in [4.78, 5) is 37.0. The van der Waals surface area contributed by atoms with Crippen molar-refractivity contribution in [3.05, 3.63) is 92.6 Å². The quantitative estimate of drug-likeness (QED) is 0.565. The molecule has 8 heteroatoms. The summed E-state index contributed by atoms with van der Waals surface area (Å²) in [5.41, 5.74) is 2.68. The Bertz CT molecular complexity index is 1170. The number of ketones is 1. The Morgan fingerprint density at radius 1 is 1.19 bits per heavy atom. The molecule has 31 heavy (non-hydrogen) atoms. The normalized spacial score (nSPS) is 18.4. The van der Waals surface area contributed by atoms with E-state index >= 15 is 0 Å². The average Bonchev–Trinajstić information content (AvgIpc) is 2.73. The second-order valence-electron chi connectivity index (χ2n) is 7.58. The predicted molar refractivity (Wildman–Crippen MR) is 113 cm³/mol. The smallest absolute Gasteiger partial charge is 0.269 e. The molecule has 7 nitrogen and oxygen atoms in total. The number of Topliss-reactive ketones (excluding diaryl/α,β-unsaturated/α-hetero) is 1. The van der Waals surface area contributed by atoms with Crippen molar-refractivity contribution in [2.45, 2.75) is 32.1 Å². The Labute approximate surface area is 177 Å². The molecule has 0 unspecified atom stereocenters. The standard InChI is InChI=1S/C23H20FN3O4/c1-13-20(23(29)26-16-7-3-6-15(24)12-16)21(14-5-2-8-17(11-14)27(30)31)22-18(25-13)9-4-10-19(22)28/h2-3,5-8,11-12,21,25H,4,9-10H2,1H3,(H,26,29)/t21-/m1/s1. The number of anilines is 1. The van der Waals surface area contributed by atoms with Gasteiger partial charge >= 0.3 is 0 Å². The molecule has 0 radical (unpaired) electrons. The van der Waals surface area contributed by atoms with E-state index in [2.05, 4.69) is 10.6 Å². The second kappa shape index (κ2) is 8.14. The number of nitro groups is 1. The number of nitrogens with one attached hydrogen (secondary N) is 2. The summed E-state index contributed by atoms with van der Waals surface area (Å²) in [5, 5.41) is 17.2. The molecule has 2 aromatic rings. The molecule has 1 heterocycles. The Kier molecular flexibility index (Phi) is 5.37. The van der Waals surface area contributed by atoms with E-state index in [-0.39, 0.29) is 22.7 Å². The van der Waals surface area contributed by atoms with Gasteiger partial charge in [-0.05, 0) is 43.5 Å². The Hall–Kier alpha value is -3.81. The number of carbonyl (C=O) groups excluding carboxylic acids is 2. The summed E-state index contributed by atoms with van der Waals surface area (Å²) in [7, 11) is 0. The van der Waals surface area contributed by atoms with E-state index in [1.54, 1.807) is 25.1 Å². The molecule has 2 N–H and O–H groups in total. The van der Waals surface area contributed by atoms with Gasteiger partial charge in [0.05, 0.1) is 4.92 Å². The van der Waals surface area contributed by atoms with Crippen LogP contribution in [0.3, 0.4) is 0 Å². The van der Waals surface area contributed by atoms with E-state index in [0.29, 0.717) is 36.1 Å². The molecule has 0 saturated heterocycles. The lowest BCUT2D eigenvalue weighted by Crippen LogP contribution is -2.35. The number of halogens is 1. The van der Waals surface area contributed by atoms with Gasteiger partial charge in [-0.15, -0.1) is 0 Å². The van der Waals surface area contributed by atoms with E-state index in [1.165, 1.54) is 30.3 Å². The first-order valence-electron chi connectivity index (χ1n) is 9.90. The van der Waals surface area contributed by atoms with Crippen LogP contribution in [0.4, 0.5) is 15.8 Å². The zero-order valence-electron chi connectivity index (χ0n) is 16.8. The zero-order valence-corrected chi connectivity index (χ0v) is 16.8. The molecule has 0 saturated carbocycles. The van der Waals surface area contributed by atoms with E-state index in [0.717, 1.165) is 5.70 Å². The van der Waals surface area contributed by atoms with Crippen LogP contribution in [0.5, 0.6) is 0 Å². The summed E-state index contributed by atoms with van der Waals surface area (Å²) in [6, 6.07) is 11.5. The van der Waals surface area contributed by atoms with Crippen molar-refractivity contribution in [1.29, 1.82) is 0 Å². The van der Waals surface area contributed by atoms with Gasteiger partial charge in [-0.3, -0.25) is 19.7 Å². The van der Waals surface area contributed by atoms with Gasteiger partial charge < -0.3 is 10.6 Å². The van der Waals surface area contributed by atoms with Crippen molar-refractivity contribution >= 4 is 23.1 Å². The maximum Gasteiger partial charge on any atom is 0.269 e. The van der Waals surface area contributed by atoms with E-state index in [4.69, 9.17) is 0 Å². The Balaban J connectivity index is 1.82. The fourth-order valence-electron chi connectivity index (χ4n) is 4.20. The minimum atomic E-state index is -0.752. The van der Waals surface area contributed by atoms with Gasteiger partial charge in [-0.2, -0.15) is 0 Å². The van der Waals surface area contributed by atoms with Crippen LogP contribution < -0.4 is 10.6 Å². The van der Waals surface area contributed by atoms with Gasteiger partial charge in [0.1, 0.15) is 5.82 Å². The van der Waals surface area contributed by atoms with Crippen LogP contribution in [-0.4, -0.2) is 16.6 Å². The molecule has 0 aromatic heterocycles. The van der Waals surface area contributed by atoms with Crippen LogP contribution in [0.2, 0.25) is 0 Å². The number of hydrogen-bond acceptors (Lipinski definition) is 5. The van der Waals surface area contributed by atoms with Gasteiger partial charge in [0.25, 0.3) is 11.6 Å². The molecule has 158 valence electrons. The number of non-ortho nitro benzene ring substituents is 1. The number of allylic oxidation sites excluding steroid dienone is 3. The lowest BCUT2D eigenvalue weighted by atomic mass is 9.75. The third-order valence-corrected chi connectivity index (χ3v) is 5.52. The predicted octanol–water partition coefficient (Wildman–Crippen LogP) is 4.34. The first-order valence-corrected chi connectivity index (χ1v) is 9.90. The maximum atomic E-state index is 13.6. The highest BCUT2D eigenvalue weighted by Crippen LogP contribution is 2.43. The van der Waals surface area contributed by atoms with Gasteiger partial charge in [0.2, 0.25) is 0 Å². The largest absolute Gasteiger partial charge is 0.362 e. The summed E-state index contributed by atoms with van der Waals surface area (Å²) in [6.45, 7) is 1.73. The number of nitrogens with zero attached hydrogens (tertiary/aromatic N) is 1. The Morgan fingerprint density at radius 3 is 2.71 bits per heavy atom. The molecular weight excluding hydrogens is 401 g/mol. The third kappa shape index (κ3) is 3.96. The number of carbonyl (C=O) groups is 2. The SMILES string of the molecule is CC1=C(C(=O)Nc2cccc(F)c2)[C@@H](c2cccc([N+](=O)[O-])c2)C2=C(CCCC2=O)N1. The molecule has 1 amide bonds. The Morgan fingerprint density at radius 2 is 1.97 bits per heavy atom. The molecule has 2 aliphatic rings. The minimum absolute atomic E-state index is 0.0891. The van der Waals surface area contributed by atoms with Gasteiger partial charge in [-0.1, -0.05) is 18.2 Å². The van der Waals surface area contributed by atoms with E-state index in [9.17, 15) is 24.1 Å². The third-order valence-electron chi connectivity index (χ3n) is 5.52. The maximum absolute atomic E-state index is 13.6. The van der Waals surface area contributed by atoms with Crippen molar-refractivity contribution in [2.24, 2.45) is 0 Å². The van der Waals surface area contributed by atoms with Crippen LogP contribution in [0.25, 0.3) is 0 Å². The lowest BCUT2D eigenvalue weighted by Gasteiger charge is -2.34. The summed E-state index contributed by atoms with van der Waals surface area (Å²) in [6.07, 6.45) is 1.71. The highest BCUT2D eigenvalue weighted by Gasteiger charge is 2.38. The van der Waals surface area contributed by atoms with E-state index in [1.807, 2.05) is 0 Å². The lowest BCUT2D eigenvalue weighted by molar-refractivity contribution is -0.384. The molecule has 4 rings (SSSR count). The van der Waals surface area contributed by atoms with Gasteiger partial charge in [0, 0.05) is 52.7 Å². The van der Waals surface area contributed by atoms with Crippen molar-refractivity contribution < 1.29 is 18.9 Å². The zero-order chi connectivity index (χ0) is 22.1. The molecule has 0 bridgehead atoms. The fraction of sp³-hybridized carbons (Fsp3) is 0.217. The number of rotatable bonds is 4. The fourth-order valence-corrected chi connectivity index (χ4v) is 4.20. The highest BCUT2D eigenvalue weighted by atomic mass is 19.1. The van der Waals surface area contributed by atoms with Crippen LogP contribution in [0.1, 0.15) is 37.7 Å². The first-order chi connectivity index (χ1) is 14.8. The summed E-state index contributed by atoms with van der Waals surface area (Å²) < 4.78 is 13.6. The van der Waals surface area contributed by atoms with Gasteiger partial charge in [-0.25, -0.2) is 4.39 Å². The molecule has 1 aliphatic heterocycles. The van der Waals surface area contributed by atoms with Crippen molar-refractivity contribution in [1.82, 2.24) is 5.32 Å². The van der Waals surface area contributed by atoms with Crippen LogP contribution in [0.15, 0.2) is 71.1 Å². The monoisotopic (exact) mass is 421 g/mol. The number of benzene rings is 2. The minimum Gasteiger partial charge on any atom is -0.362 e. The molecule has 0 spiro atoms. The van der Waals surface area contributed by atoms with Crippen molar-refractivity contribution in [3.8, 4) is 0 Å². The number of dihydropyridines is 1.